The van der Waals surface area contributed by atoms with Gasteiger partial charge >= 0.3 is 5.97 Å². The third-order valence-electron chi connectivity index (χ3n) is 3.93. The molecule has 2 aromatic heterocycles. The van der Waals surface area contributed by atoms with E-state index in [9.17, 15) is 9.90 Å². The van der Waals surface area contributed by atoms with Gasteiger partial charge in [0.25, 0.3) is 0 Å². The Labute approximate surface area is 128 Å². The highest BCUT2D eigenvalue weighted by Gasteiger charge is 2.13. The third kappa shape index (κ3) is 2.55. The van der Waals surface area contributed by atoms with Crippen LogP contribution < -0.4 is 0 Å². The molecule has 0 amide bonds. The average molecular weight is 292 g/mol. The van der Waals surface area contributed by atoms with Crippen molar-refractivity contribution < 1.29 is 9.90 Å². The maximum absolute atomic E-state index is 11.4. The van der Waals surface area contributed by atoms with E-state index >= 15 is 0 Å². The molecule has 0 fully saturated rings. The van der Waals surface area contributed by atoms with Crippen LogP contribution in [-0.2, 0) is 0 Å². The molecule has 110 valence electrons. The monoisotopic (exact) mass is 292 g/mol. The molecule has 0 bridgehead atoms. The van der Waals surface area contributed by atoms with Crippen LogP contribution in [0.4, 0.5) is 0 Å². The van der Waals surface area contributed by atoms with Crippen molar-refractivity contribution in [3.8, 4) is 0 Å². The zero-order chi connectivity index (χ0) is 15.7. The summed E-state index contributed by atoms with van der Waals surface area (Å²) in [5.41, 5.74) is 4.10. The first-order valence-electron chi connectivity index (χ1n) is 7.11. The largest absolute Gasteiger partial charge is 0.478 e. The van der Waals surface area contributed by atoms with E-state index in [0.717, 1.165) is 16.8 Å². The van der Waals surface area contributed by atoms with Gasteiger partial charge in [-0.05, 0) is 42.3 Å². The fraction of sp³-hybridized carbons (Fsp3) is 0.167. The molecule has 1 N–H and O–H groups in total. The van der Waals surface area contributed by atoms with E-state index in [-0.39, 0.29) is 11.5 Å². The van der Waals surface area contributed by atoms with Gasteiger partial charge in [0.15, 0.2) is 0 Å². The minimum absolute atomic E-state index is 0.138. The normalized spacial score (nSPS) is 12.3. The maximum Gasteiger partial charge on any atom is 0.336 e. The first kappa shape index (κ1) is 14.2. The lowest BCUT2D eigenvalue weighted by molar-refractivity contribution is 0.0699. The molecule has 1 unspecified atom stereocenters. The quantitative estimate of drug-likeness (QED) is 0.797. The molecule has 3 aromatic rings. The van der Waals surface area contributed by atoms with Crippen molar-refractivity contribution in [3.05, 3.63) is 71.2 Å². The van der Waals surface area contributed by atoms with Gasteiger partial charge in [0.05, 0.1) is 11.1 Å². The number of hydrogen-bond donors (Lipinski definition) is 1. The second-order valence-corrected chi connectivity index (χ2v) is 5.39. The highest BCUT2D eigenvalue weighted by molar-refractivity contribution is 6.02. The number of benzene rings is 1. The number of carbonyl (C=O) groups is 1. The number of nitrogens with zero attached hydrogens (tertiary/aromatic N) is 2. The average Bonchev–Trinajstić information content (AvgIpc) is 2.53. The van der Waals surface area contributed by atoms with Crippen molar-refractivity contribution in [2.45, 2.75) is 19.8 Å². The first-order valence-corrected chi connectivity index (χ1v) is 7.11. The summed E-state index contributed by atoms with van der Waals surface area (Å²) in [7, 11) is 0. The fourth-order valence-corrected chi connectivity index (χ4v) is 2.55. The Morgan fingerprint density at radius 2 is 1.86 bits per heavy atom. The molecule has 1 aromatic carbocycles. The third-order valence-corrected chi connectivity index (χ3v) is 3.93. The van der Waals surface area contributed by atoms with Gasteiger partial charge in [-0.15, -0.1) is 0 Å². The van der Waals surface area contributed by atoms with Crippen LogP contribution in [0.25, 0.3) is 10.9 Å². The SMILES string of the molecule is Cc1ccc(C(C)c2ccc3nccc(C(=O)O)c3c2)cn1. The Balaban J connectivity index is 2.09. The van der Waals surface area contributed by atoms with Crippen LogP contribution in [0.1, 0.15) is 40.0 Å². The van der Waals surface area contributed by atoms with Crippen molar-refractivity contribution in [2.24, 2.45) is 0 Å². The minimum atomic E-state index is -0.936. The molecule has 0 aliphatic heterocycles. The second kappa shape index (κ2) is 5.56. The number of rotatable bonds is 3. The molecule has 0 aliphatic rings. The van der Waals surface area contributed by atoms with Gasteiger partial charge in [-0.2, -0.15) is 0 Å². The van der Waals surface area contributed by atoms with Gasteiger partial charge in [0.2, 0.25) is 0 Å². The van der Waals surface area contributed by atoms with E-state index in [1.807, 2.05) is 37.4 Å². The summed E-state index contributed by atoms with van der Waals surface area (Å²) in [6.07, 6.45) is 3.39. The molecule has 0 aliphatic carbocycles. The van der Waals surface area contributed by atoms with Crippen LogP contribution in [0.15, 0.2) is 48.8 Å². The topological polar surface area (TPSA) is 63.1 Å². The van der Waals surface area contributed by atoms with E-state index in [1.54, 1.807) is 0 Å². The van der Waals surface area contributed by atoms with Crippen LogP contribution >= 0.6 is 0 Å². The lowest BCUT2D eigenvalue weighted by atomic mass is 9.92. The fourth-order valence-electron chi connectivity index (χ4n) is 2.55. The highest BCUT2D eigenvalue weighted by Crippen LogP contribution is 2.27. The minimum Gasteiger partial charge on any atom is -0.478 e. The Hall–Kier alpha value is -2.75. The highest BCUT2D eigenvalue weighted by atomic mass is 16.4. The van der Waals surface area contributed by atoms with Gasteiger partial charge in [-0.25, -0.2) is 4.79 Å². The molecule has 4 nitrogen and oxygen atoms in total. The zero-order valence-corrected chi connectivity index (χ0v) is 12.4. The van der Waals surface area contributed by atoms with Crippen LogP contribution in [0.2, 0.25) is 0 Å². The van der Waals surface area contributed by atoms with Crippen molar-refractivity contribution in [1.29, 1.82) is 0 Å². The molecule has 22 heavy (non-hydrogen) atoms. The molecule has 3 rings (SSSR count). The van der Waals surface area contributed by atoms with Crippen molar-refractivity contribution in [2.75, 3.05) is 0 Å². The van der Waals surface area contributed by atoms with Gasteiger partial charge < -0.3 is 5.11 Å². The lowest BCUT2D eigenvalue weighted by Gasteiger charge is -2.13. The van der Waals surface area contributed by atoms with Crippen molar-refractivity contribution >= 4 is 16.9 Å². The summed E-state index contributed by atoms with van der Waals surface area (Å²) in [5, 5.41) is 9.99. The maximum atomic E-state index is 11.4. The Morgan fingerprint density at radius 3 is 2.55 bits per heavy atom. The Morgan fingerprint density at radius 1 is 1.09 bits per heavy atom. The predicted molar refractivity (Wildman–Crippen MR) is 85.2 cm³/mol. The molecule has 4 heteroatoms. The molecule has 0 saturated heterocycles. The number of aryl methyl sites for hydroxylation is 1. The molecular formula is C18H16N2O2. The Kier molecular flexibility index (Phi) is 3.59. The summed E-state index contributed by atoms with van der Waals surface area (Å²) in [6.45, 7) is 4.04. The predicted octanol–water partition coefficient (Wildman–Crippen LogP) is 3.79. The summed E-state index contributed by atoms with van der Waals surface area (Å²) in [4.78, 5) is 19.9. The number of aromatic nitrogens is 2. The van der Waals surface area contributed by atoms with Crippen LogP contribution in [0, 0.1) is 6.92 Å². The van der Waals surface area contributed by atoms with Crippen LogP contribution in [-0.4, -0.2) is 21.0 Å². The van der Waals surface area contributed by atoms with Gasteiger partial charge in [0.1, 0.15) is 0 Å². The van der Waals surface area contributed by atoms with Crippen LogP contribution in [0.5, 0.6) is 0 Å². The Bertz CT molecular complexity index is 841. The van der Waals surface area contributed by atoms with E-state index in [4.69, 9.17) is 0 Å². The second-order valence-electron chi connectivity index (χ2n) is 5.39. The number of aromatic carboxylic acids is 1. The van der Waals surface area contributed by atoms with Gasteiger partial charge in [-0.3, -0.25) is 9.97 Å². The van der Waals surface area contributed by atoms with Crippen molar-refractivity contribution in [3.63, 3.8) is 0 Å². The summed E-state index contributed by atoms with van der Waals surface area (Å²) < 4.78 is 0. The zero-order valence-electron chi connectivity index (χ0n) is 12.4. The number of carboxylic acid groups (broad SMARTS) is 1. The molecule has 2 heterocycles. The summed E-state index contributed by atoms with van der Waals surface area (Å²) >= 11 is 0. The van der Waals surface area contributed by atoms with E-state index < -0.39 is 5.97 Å². The summed E-state index contributed by atoms with van der Waals surface area (Å²) in [6, 6.07) is 11.3. The van der Waals surface area contributed by atoms with E-state index in [0.29, 0.717) is 10.9 Å². The molecule has 0 spiro atoms. The van der Waals surface area contributed by atoms with Gasteiger partial charge in [0, 0.05) is 29.4 Å². The van der Waals surface area contributed by atoms with E-state index in [1.165, 1.54) is 12.3 Å². The first-order chi connectivity index (χ1) is 10.6. The molecular weight excluding hydrogens is 276 g/mol. The number of pyridine rings is 2. The molecule has 0 saturated carbocycles. The van der Waals surface area contributed by atoms with Crippen molar-refractivity contribution in [1.82, 2.24) is 9.97 Å². The number of fused-ring (bicyclic) bond motifs is 1. The summed E-state index contributed by atoms with van der Waals surface area (Å²) in [5.74, 6) is -0.798. The molecule has 0 radical (unpaired) electrons. The lowest BCUT2D eigenvalue weighted by Crippen LogP contribution is -2.01. The number of hydrogen-bond acceptors (Lipinski definition) is 3. The van der Waals surface area contributed by atoms with Crippen LogP contribution in [0.3, 0.4) is 0 Å². The number of carboxylic acids is 1. The van der Waals surface area contributed by atoms with E-state index in [2.05, 4.69) is 23.0 Å². The van der Waals surface area contributed by atoms with Gasteiger partial charge in [-0.1, -0.05) is 19.1 Å². The smallest absolute Gasteiger partial charge is 0.336 e. The standard InChI is InChI=1S/C18H16N2O2/c1-11-3-4-14(10-20-11)12(2)13-5-6-17-16(9-13)15(18(21)22)7-8-19-17/h3-10,12H,1-2H3,(H,21,22). The molecule has 1 atom stereocenters.